The van der Waals surface area contributed by atoms with Crippen LogP contribution in [0.3, 0.4) is 0 Å². The van der Waals surface area contributed by atoms with E-state index >= 15 is 0 Å². The third-order valence-corrected chi connectivity index (χ3v) is 5.51. The molecule has 7 heteroatoms. The Labute approximate surface area is 268 Å². The van der Waals surface area contributed by atoms with Gasteiger partial charge in [0.25, 0.3) is 0 Å². The molecule has 1 aromatic heterocycles. The van der Waals surface area contributed by atoms with Gasteiger partial charge in [-0.1, -0.05) is 101 Å². The van der Waals surface area contributed by atoms with Crippen molar-refractivity contribution in [3.8, 4) is 0 Å². The van der Waals surface area contributed by atoms with Gasteiger partial charge in [-0.15, -0.1) is 16.1 Å². The number of aryl methyl sites for hydroxylation is 3. The van der Waals surface area contributed by atoms with Crippen molar-refractivity contribution in [3.05, 3.63) is 101 Å². The minimum absolute atomic E-state index is 0. The first-order valence-corrected chi connectivity index (χ1v) is 21.9. The molecule has 0 saturated carbocycles. The van der Waals surface area contributed by atoms with Crippen LogP contribution in [0.15, 0.2) is 64.6 Å². The standard InChI is InChI=1S/C26H28ClN3.2C4H11Si.Fe/c1-6-20-12-8-11-17(3)25(20)28-18(4)23-15-10-16-24(30-23)19(5)29-26-21(7-2)13-9-14-22(26)27;2*1-5(2,3)4;/h8-16H,6-7H2,1-5H3;2*1H2,2-4H3;/q;2*-1;+2. The number of hydrogen-bond acceptors (Lipinski definition) is 3. The van der Waals surface area contributed by atoms with Crippen LogP contribution in [0.2, 0.25) is 44.3 Å². The van der Waals surface area contributed by atoms with Crippen molar-refractivity contribution in [1.82, 2.24) is 4.98 Å². The largest absolute Gasteiger partial charge is 2.00 e. The third-order valence-electron chi connectivity index (χ3n) is 5.20. The van der Waals surface area contributed by atoms with Gasteiger partial charge in [0.15, 0.2) is 0 Å². The van der Waals surface area contributed by atoms with Gasteiger partial charge in [-0.05, 0) is 68.5 Å². The minimum atomic E-state index is -0.861. The Balaban J connectivity index is 0.00000125. The van der Waals surface area contributed by atoms with Gasteiger partial charge in [-0.25, -0.2) is 9.98 Å². The van der Waals surface area contributed by atoms with Gasteiger partial charge in [0.05, 0.1) is 39.2 Å². The molecule has 3 rings (SSSR count). The summed E-state index contributed by atoms with van der Waals surface area (Å²) >= 11 is 6.41. The number of halogens is 1. The second-order valence-electron chi connectivity index (χ2n) is 12.5. The molecule has 41 heavy (non-hydrogen) atoms. The molecule has 1 heterocycles. The molecule has 224 valence electrons. The summed E-state index contributed by atoms with van der Waals surface area (Å²) in [5.74, 6) is 0. The van der Waals surface area contributed by atoms with Crippen LogP contribution in [-0.4, -0.2) is 32.6 Å². The fourth-order valence-electron chi connectivity index (χ4n) is 3.42. The molecule has 2 aromatic carbocycles. The first-order chi connectivity index (χ1) is 18.4. The molecular formula is C34H50ClFeN3Si2. The quantitative estimate of drug-likeness (QED) is 0.149. The molecule has 0 amide bonds. The maximum atomic E-state index is 6.41. The number of benzene rings is 2. The van der Waals surface area contributed by atoms with E-state index in [1.165, 1.54) is 11.1 Å². The molecule has 0 atom stereocenters. The summed E-state index contributed by atoms with van der Waals surface area (Å²) in [7, 11) is -1.72. The molecule has 0 bridgehead atoms. The Hall–Kier alpha value is -1.83. The predicted octanol–water partition coefficient (Wildman–Crippen LogP) is 10.8. The summed E-state index contributed by atoms with van der Waals surface area (Å²) in [6.45, 7) is 31.4. The van der Waals surface area contributed by atoms with Crippen LogP contribution in [0.4, 0.5) is 11.4 Å². The zero-order valence-electron chi connectivity index (χ0n) is 27.1. The number of aromatic nitrogens is 1. The topological polar surface area (TPSA) is 37.6 Å². The second-order valence-corrected chi connectivity index (χ2v) is 23.1. The van der Waals surface area contributed by atoms with E-state index < -0.39 is 16.1 Å². The molecule has 0 aliphatic heterocycles. The van der Waals surface area contributed by atoms with Crippen molar-refractivity contribution in [1.29, 1.82) is 0 Å². The molecule has 0 N–H and O–H groups in total. The number of para-hydroxylation sites is 2. The van der Waals surface area contributed by atoms with Crippen LogP contribution in [0.1, 0.15) is 55.8 Å². The van der Waals surface area contributed by atoms with E-state index in [-0.39, 0.29) is 17.1 Å². The van der Waals surface area contributed by atoms with Crippen molar-refractivity contribution >= 4 is 50.5 Å². The maximum absolute atomic E-state index is 6.41. The van der Waals surface area contributed by atoms with E-state index in [1.54, 1.807) is 0 Å². The van der Waals surface area contributed by atoms with E-state index in [0.717, 1.165) is 52.6 Å². The summed E-state index contributed by atoms with van der Waals surface area (Å²) in [6, 6.07) is 18.2. The molecule has 0 aliphatic rings. The summed E-state index contributed by atoms with van der Waals surface area (Å²) < 4.78 is 0. The Morgan fingerprint density at radius 2 is 1.07 bits per heavy atom. The van der Waals surface area contributed by atoms with Crippen molar-refractivity contribution in [2.24, 2.45) is 9.98 Å². The van der Waals surface area contributed by atoms with Crippen LogP contribution in [0.25, 0.3) is 0 Å². The SMILES string of the molecule is CCc1cccc(C)c1N=C(C)c1cccc(C(C)=Nc2c(Cl)cccc2CC)n1.[CH2-][Si](C)(C)C.[CH2-][Si](C)(C)C.[Fe+2]. The van der Waals surface area contributed by atoms with E-state index in [1.807, 2.05) is 44.2 Å². The summed E-state index contributed by atoms with van der Waals surface area (Å²) in [4.78, 5) is 14.6. The Bertz CT molecular complexity index is 1200. The number of pyridine rings is 1. The average molecular weight is 648 g/mol. The van der Waals surface area contributed by atoms with Gasteiger partial charge < -0.3 is 13.1 Å². The molecule has 0 aliphatic carbocycles. The molecule has 0 saturated heterocycles. The van der Waals surface area contributed by atoms with Crippen molar-refractivity contribution in [2.45, 2.75) is 86.7 Å². The Kier molecular flexibility index (Phi) is 17.2. The fourth-order valence-corrected chi connectivity index (χ4v) is 3.66. The number of aliphatic imine (C=N–C) groups is 2. The summed E-state index contributed by atoms with van der Waals surface area (Å²) in [6.07, 6.45) is 1.83. The Morgan fingerprint density at radius 3 is 1.51 bits per heavy atom. The molecular weight excluding hydrogens is 598 g/mol. The van der Waals surface area contributed by atoms with Crippen LogP contribution in [0, 0.1) is 20.0 Å². The zero-order chi connectivity index (χ0) is 30.7. The molecule has 0 unspecified atom stereocenters. The molecule has 3 aromatic rings. The fraction of sp³-hybridized carbons (Fsp3) is 0.382. The summed E-state index contributed by atoms with van der Waals surface area (Å²) in [5, 5.41) is 0.661. The first-order valence-electron chi connectivity index (χ1n) is 14.1. The smallest absolute Gasteiger partial charge is 0.342 e. The number of rotatable bonds is 6. The van der Waals surface area contributed by atoms with E-state index in [4.69, 9.17) is 26.6 Å². The van der Waals surface area contributed by atoms with Crippen molar-refractivity contribution in [3.63, 3.8) is 0 Å². The van der Waals surface area contributed by atoms with Gasteiger partial charge in [0, 0.05) is 0 Å². The van der Waals surface area contributed by atoms with Crippen LogP contribution in [0.5, 0.6) is 0 Å². The van der Waals surface area contributed by atoms with Gasteiger partial charge in [0.1, 0.15) is 0 Å². The zero-order valence-corrected chi connectivity index (χ0v) is 31.0. The van der Waals surface area contributed by atoms with Crippen molar-refractivity contribution in [2.75, 3.05) is 0 Å². The predicted molar refractivity (Wildman–Crippen MR) is 187 cm³/mol. The Morgan fingerprint density at radius 1 is 0.707 bits per heavy atom. The van der Waals surface area contributed by atoms with E-state index in [0.29, 0.717) is 5.02 Å². The second kappa shape index (κ2) is 18.0. The summed E-state index contributed by atoms with van der Waals surface area (Å²) in [5.41, 5.74) is 8.80. The number of hydrogen-bond donors (Lipinski definition) is 0. The van der Waals surface area contributed by atoms with Gasteiger partial charge in [-0.2, -0.15) is 0 Å². The number of nitrogens with zero attached hydrogens (tertiary/aromatic N) is 3. The van der Waals surface area contributed by atoms with Gasteiger partial charge in [0.2, 0.25) is 0 Å². The third kappa shape index (κ3) is 15.8. The van der Waals surface area contributed by atoms with E-state index in [9.17, 15) is 0 Å². The monoisotopic (exact) mass is 647 g/mol. The average Bonchev–Trinajstić information content (AvgIpc) is 2.84. The van der Waals surface area contributed by atoms with Crippen molar-refractivity contribution < 1.29 is 17.1 Å². The molecule has 0 spiro atoms. The molecule has 0 fully saturated rings. The van der Waals surface area contributed by atoms with Crippen LogP contribution in [-0.2, 0) is 29.9 Å². The van der Waals surface area contributed by atoms with Gasteiger partial charge >= 0.3 is 17.1 Å². The molecule has 3 nitrogen and oxygen atoms in total. The molecule has 0 radical (unpaired) electrons. The minimum Gasteiger partial charge on any atom is -0.342 e. The van der Waals surface area contributed by atoms with Crippen LogP contribution < -0.4 is 0 Å². The maximum Gasteiger partial charge on any atom is 2.00 e. The first kappa shape index (κ1) is 39.2. The van der Waals surface area contributed by atoms with Gasteiger partial charge in [-0.3, -0.25) is 4.99 Å². The van der Waals surface area contributed by atoms with E-state index in [2.05, 4.69) is 97.4 Å². The normalized spacial score (nSPS) is 12.0. The van der Waals surface area contributed by atoms with Crippen LogP contribution >= 0.6 is 11.6 Å².